The molecule has 0 spiro atoms. The average molecular weight is 313 g/mol. The number of aromatic nitrogens is 2. The third-order valence-corrected chi connectivity index (χ3v) is 6.11. The summed E-state index contributed by atoms with van der Waals surface area (Å²) in [7, 11) is 0. The summed E-state index contributed by atoms with van der Waals surface area (Å²) in [5.41, 5.74) is 2.03. The number of pyridine rings is 1. The van der Waals surface area contributed by atoms with Crippen LogP contribution in [0, 0.1) is 17.8 Å². The van der Waals surface area contributed by atoms with E-state index in [1.807, 2.05) is 18.3 Å². The van der Waals surface area contributed by atoms with Gasteiger partial charge in [0.25, 0.3) is 5.19 Å². The van der Waals surface area contributed by atoms with E-state index in [9.17, 15) is 0 Å². The van der Waals surface area contributed by atoms with E-state index in [2.05, 4.69) is 20.2 Å². The molecule has 114 valence electrons. The summed E-state index contributed by atoms with van der Waals surface area (Å²) in [6.07, 6.45) is 6.71. The summed E-state index contributed by atoms with van der Waals surface area (Å²) in [4.78, 5) is 11.5. The van der Waals surface area contributed by atoms with Gasteiger partial charge in [0.2, 0.25) is 0 Å². The molecule has 2 aromatic rings. The van der Waals surface area contributed by atoms with Gasteiger partial charge in [-0.25, -0.2) is 4.98 Å². The minimum absolute atomic E-state index is 0.376. The molecule has 1 aliphatic carbocycles. The Morgan fingerprint density at radius 2 is 2.05 bits per heavy atom. The van der Waals surface area contributed by atoms with E-state index in [0.717, 1.165) is 22.4 Å². The summed E-state index contributed by atoms with van der Waals surface area (Å²) in [5, 5.41) is 2.90. The quantitative estimate of drug-likeness (QED) is 0.873. The highest BCUT2D eigenvalue weighted by molar-refractivity contribution is 7.11. The molecule has 22 heavy (non-hydrogen) atoms. The largest absolute Gasteiger partial charge is 0.466 e. The lowest BCUT2D eigenvalue weighted by atomic mass is 9.66. The van der Waals surface area contributed by atoms with Crippen LogP contribution in [0.1, 0.15) is 12.8 Å². The fourth-order valence-corrected chi connectivity index (χ4v) is 5.35. The van der Waals surface area contributed by atoms with Crippen molar-refractivity contribution in [3.05, 3.63) is 29.9 Å². The average Bonchev–Trinajstić information content (AvgIpc) is 3.00. The van der Waals surface area contributed by atoms with Crippen LogP contribution in [0.2, 0.25) is 0 Å². The number of hydrogen-bond donors (Lipinski definition) is 0. The molecule has 2 aromatic heterocycles. The fraction of sp³-hybridized carbons (Fsp3) is 0.529. The van der Waals surface area contributed by atoms with Crippen molar-refractivity contribution in [1.29, 1.82) is 0 Å². The molecule has 4 fully saturated rings. The molecule has 3 saturated heterocycles. The number of rotatable bonds is 3. The number of hydrogen-bond acceptors (Lipinski definition) is 5. The first-order chi connectivity index (χ1) is 10.8. The van der Waals surface area contributed by atoms with Crippen molar-refractivity contribution in [1.82, 2.24) is 14.9 Å². The van der Waals surface area contributed by atoms with Crippen molar-refractivity contribution in [3.63, 3.8) is 0 Å². The molecule has 0 unspecified atom stereocenters. The van der Waals surface area contributed by atoms with Crippen molar-refractivity contribution in [3.8, 4) is 16.5 Å². The van der Waals surface area contributed by atoms with Crippen LogP contribution in [-0.4, -0.2) is 40.6 Å². The van der Waals surface area contributed by atoms with Crippen LogP contribution in [-0.2, 0) is 0 Å². The van der Waals surface area contributed by atoms with Gasteiger partial charge in [-0.05, 0) is 30.9 Å². The van der Waals surface area contributed by atoms with Gasteiger partial charge in [-0.2, -0.15) is 0 Å². The van der Waals surface area contributed by atoms with E-state index < -0.39 is 0 Å². The van der Waals surface area contributed by atoms with Crippen LogP contribution >= 0.6 is 11.3 Å². The number of piperidine rings is 3. The number of ether oxygens (including phenoxy) is 1. The maximum absolute atomic E-state index is 6.35. The Morgan fingerprint density at radius 1 is 1.18 bits per heavy atom. The van der Waals surface area contributed by atoms with Crippen LogP contribution in [0.25, 0.3) is 11.3 Å². The lowest BCUT2D eigenvalue weighted by molar-refractivity contribution is -0.0984. The van der Waals surface area contributed by atoms with Gasteiger partial charge in [-0.15, -0.1) is 0 Å². The van der Waals surface area contributed by atoms with Crippen molar-refractivity contribution in [2.45, 2.75) is 18.9 Å². The molecule has 1 saturated carbocycles. The smallest absolute Gasteiger partial charge is 0.274 e. The molecule has 4 nitrogen and oxygen atoms in total. The Balaban J connectivity index is 1.35. The van der Waals surface area contributed by atoms with Crippen LogP contribution in [0.4, 0.5) is 0 Å². The molecule has 0 radical (unpaired) electrons. The van der Waals surface area contributed by atoms with Crippen LogP contribution in [0.5, 0.6) is 5.19 Å². The lowest BCUT2D eigenvalue weighted by Crippen LogP contribution is -2.61. The Hall–Kier alpha value is -1.46. The minimum Gasteiger partial charge on any atom is -0.466 e. The van der Waals surface area contributed by atoms with E-state index in [-0.39, 0.29) is 0 Å². The van der Waals surface area contributed by atoms with Crippen LogP contribution in [0.15, 0.2) is 29.9 Å². The van der Waals surface area contributed by atoms with E-state index in [4.69, 9.17) is 4.74 Å². The molecule has 5 heteroatoms. The molecule has 5 heterocycles. The highest BCUT2D eigenvalue weighted by Crippen LogP contribution is 2.45. The van der Waals surface area contributed by atoms with Gasteiger partial charge in [-0.3, -0.25) is 4.98 Å². The van der Waals surface area contributed by atoms with Crippen molar-refractivity contribution < 1.29 is 4.74 Å². The summed E-state index contributed by atoms with van der Waals surface area (Å²) in [6, 6.07) is 3.99. The zero-order valence-corrected chi connectivity index (χ0v) is 13.2. The molecule has 4 bridgehead atoms. The van der Waals surface area contributed by atoms with Gasteiger partial charge in [0.1, 0.15) is 6.10 Å². The third kappa shape index (κ3) is 2.15. The molecule has 2 atom stereocenters. The van der Waals surface area contributed by atoms with Crippen molar-refractivity contribution >= 4 is 11.3 Å². The van der Waals surface area contributed by atoms with E-state index >= 15 is 0 Å². The predicted octanol–water partition coefficient (Wildman–Crippen LogP) is 2.92. The molecule has 3 aliphatic heterocycles. The van der Waals surface area contributed by atoms with Gasteiger partial charge in [-0.1, -0.05) is 11.3 Å². The zero-order chi connectivity index (χ0) is 14.5. The standard InChI is InChI=1S/C17H19N3OS/c1-2-12(6-18-3-1)15-10-22-17(19-15)21-16-13-4-11-5-14(16)9-20(7-11)8-13/h1-3,6,10-11,13-14,16H,4-5,7-9H2/t11?,13-,14-,16?/m0/s1. The predicted molar refractivity (Wildman–Crippen MR) is 85.9 cm³/mol. The van der Waals surface area contributed by atoms with Crippen molar-refractivity contribution in [2.75, 3.05) is 19.6 Å². The van der Waals surface area contributed by atoms with Gasteiger partial charge >= 0.3 is 0 Å². The Bertz CT molecular complexity index is 644. The zero-order valence-electron chi connectivity index (χ0n) is 12.4. The second-order valence-corrected chi connectivity index (χ2v) is 7.72. The summed E-state index contributed by atoms with van der Waals surface area (Å²) in [6.45, 7) is 3.76. The first-order valence-electron chi connectivity index (χ1n) is 8.10. The lowest BCUT2D eigenvalue weighted by Gasteiger charge is -2.55. The van der Waals surface area contributed by atoms with Gasteiger partial charge in [0.05, 0.1) is 5.69 Å². The highest BCUT2D eigenvalue weighted by atomic mass is 32.1. The second kappa shape index (κ2) is 5.03. The third-order valence-electron chi connectivity index (χ3n) is 5.38. The SMILES string of the molecule is c1cncc(-c2csc(OC3[C@H]4CC5C[C@H]3CN(C5)C4)n2)c1. The molecule has 6 rings (SSSR count). The van der Waals surface area contributed by atoms with E-state index in [1.54, 1.807) is 17.5 Å². The maximum atomic E-state index is 6.35. The van der Waals surface area contributed by atoms with Gasteiger partial charge in [0.15, 0.2) is 0 Å². The van der Waals surface area contributed by atoms with Crippen molar-refractivity contribution in [2.24, 2.45) is 17.8 Å². The normalized spacial score (nSPS) is 35.7. The molecular formula is C17H19N3OS. The molecule has 0 aromatic carbocycles. The number of thiazole rings is 1. The molecule has 4 aliphatic rings. The van der Waals surface area contributed by atoms with Crippen LogP contribution < -0.4 is 4.74 Å². The highest BCUT2D eigenvalue weighted by Gasteiger charge is 2.48. The van der Waals surface area contributed by atoms with Gasteiger partial charge in [0, 0.05) is 54.8 Å². The summed E-state index contributed by atoms with van der Waals surface area (Å²) in [5.74, 6) is 2.33. The maximum Gasteiger partial charge on any atom is 0.274 e. The summed E-state index contributed by atoms with van der Waals surface area (Å²) >= 11 is 1.61. The van der Waals surface area contributed by atoms with E-state index in [0.29, 0.717) is 17.9 Å². The molecule has 0 N–H and O–H groups in total. The fourth-order valence-electron chi connectivity index (χ4n) is 4.63. The first kappa shape index (κ1) is 13.0. The molecular weight excluding hydrogens is 294 g/mol. The Morgan fingerprint density at radius 3 is 2.77 bits per heavy atom. The topological polar surface area (TPSA) is 38.2 Å². The molecule has 0 amide bonds. The minimum atomic E-state index is 0.376. The van der Waals surface area contributed by atoms with Crippen LogP contribution in [0.3, 0.4) is 0 Å². The van der Waals surface area contributed by atoms with Gasteiger partial charge < -0.3 is 9.64 Å². The van der Waals surface area contributed by atoms with E-state index in [1.165, 1.54) is 32.5 Å². The summed E-state index contributed by atoms with van der Waals surface area (Å²) < 4.78 is 6.35. The number of nitrogens with zero attached hydrogens (tertiary/aromatic N) is 3. The Kier molecular flexibility index (Phi) is 2.98. The monoisotopic (exact) mass is 313 g/mol. The second-order valence-electron chi connectivity index (χ2n) is 6.90. The first-order valence-corrected chi connectivity index (χ1v) is 8.98. The Labute approximate surface area is 134 Å².